The SMILES string of the molecule is CN1[C@@H]2CC#C[C@@]1(O)CC2. The highest BCUT2D eigenvalue weighted by Crippen LogP contribution is 2.33. The molecule has 2 heteroatoms. The first-order valence-electron chi connectivity index (χ1n) is 3.68. The van der Waals surface area contributed by atoms with Crippen LogP contribution in [-0.2, 0) is 0 Å². The van der Waals surface area contributed by atoms with Gasteiger partial charge in [0, 0.05) is 18.9 Å². The van der Waals surface area contributed by atoms with Gasteiger partial charge in [-0.25, -0.2) is 0 Å². The summed E-state index contributed by atoms with van der Waals surface area (Å²) in [4.78, 5) is 1.99. The fourth-order valence-electron chi connectivity index (χ4n) is 1.74. The van der Waals surface area contributed by atoms with Gasteiger partial charge in [-0.3, -0.25) is 4.90 Å². The van der Waals surface area contributed by atoms with Crippen LogP contribution < -0.4 is 0 Å². The van der Waals surface area contributed by atoms with E-state index in [0.29, 0.717) is 6.04 Å². The Bertz CT molecular complexity index is 215. The van der Waals surface area contributed by atoms with Gasteiger partial charge in [0.2, 0.25) is 0 Å². The average Bonchev–Trinajstić information content (AvgIpc) is 2.18. The summed E-state index contributed by atoms with van der Waals surface area (Å²) in [5.74, 6) is 5.84. The maximum atomic E-state index is 9.74. The second-order valence-corrected chi connectivity index (χ2v) is 3.13. The van der Waals surface area contributed by atoms with E-state index < -0.39 is 5.72 Å². The summed E-state index contributed by atoms with van der Waals surface area (Å²) in [6.45, 7) is 0. The van der Waals surface area contributed by atoms with Crippen LogP contribution in [0.5, 0.6) is 0 Å². The molecule has 1 saturated heterocycles. The Morgan fingerprint density at radius 1 is 1.70 bits per heavy atom. The maximum Gasteiger partial charge on any atom is 0.182 e. The summed E-state index contributed by atoms with van der Waals surface area (Å²) in [6, 6.07) is 0.506. The van der Waals surface area contributed by atoms with Crippen molar-refractivity contribution >= 4 is 0 Å². The van der Waals surface area contributed by atoms with Crippen molar-refractivity contribution in [2.24, 2.45) is 0 Å². The average molecular weight is 137 g/mol. The zero-order valence-corrected chi connectivity index (χ0v) is 6.09. The second kappa shape index (κ2) is 1.75. The lowest BCUT2D eigenvalue weighted by Crippen LogP contribution is -2.45. The molecule has 0 aromatic carbocycles. The molecule has 2 aliphatic heterocycles. The van der Waals surface area contributed by atoms with Gasteiger partial charge >= 0.3 is 0 Å². The number of rotatable bonds is 0. The molecule has 0 amide bonds. The highest BCUT2D eigenvalue weighted by Gasteiger charge is 2.42. The molecule has 2 rings (SSSR count). The number of nitrogens with zero attached hydrogens (tertiary/aromatic N) is 1. The summed E-state index contributed by atoms with van der Waals surface area (Å²) < 4.78 is 0. The minimum absolute atomic E-state index is 0.506. The van der Waals surface area contributed by atoms with Gasteiger partial charge in [-0.2, -0.15) is 0 Å². The third-order valence-electron chi connectivity index (χ3n) is 2.58. The Hall–Kier alpha value is -0.520. The van der Waals surface area contributed by atoms with Gasteiger partial charge in [-0.05, 0) is 13.5 Å². The zero-order chi connectivity index (χ0) is 7.19. The van der Waals surface area contributed by atoms with Crippen LogP contribution in [0.15, 0.2) is 0 Å². The van der Waals surface area contributed by atoms with E-state index in [1.54, 1.807) is 0 Å². The molecule has 0 spiro atoms. The Morgan fingerprint density at radius 2 is 2.50 bits per heavy atom. The van der Waals surface area contributed by atoms with Crippen molar-refractivity contribution in [3.05, 3.63) is 0 Å². The third-order valence-corrected chi connectivity index (χ3v) is 2.58. The van der Waals surface area contributed by atoms with Crippen molar-refractivity contribution in [1.82, 2.24) is 4.90 Å². The van der Waals surface area contributed by atoms with Gasteiger partial charge in [0.1, 0.15) is 0 Å². The molecule has 2 bridgehead atoms. The smallest absolute Gasteiger partial charge is 0.182 e. The lowest BCUT2D eigenvalue weighted by Gasteiger charge is -2.30. The van der Waals surface area contributed by atoms with Crippen molar-refractivity contribution in [3.8, 4) is 11.8 Å². The van der Waals surface area contributed by atoms with Crippen LogP contribution in [0.1, 0.15) is 19.3 Å². The van der Waals surface area contributed by atoms with E-state index in [-0.39, 0.29) is 0 Å². The van der Waals surface area contributed by atoms with Gasteiger partial charge in [0.25, 0.3) is 0 Å². The van der Waals surface area contributed by atoms with Crippen LogP contribution >= 0.6 is 0 Å². The van der Waals surface area contributed by atoms with Crippen molar-refractivity contribution in [1.29, 1.82) is 0 Å². The topological polar surface area (TPSA) is 23.5 Å². The normalized spacial score (nSPS) is 44.8. The number of fused-ring (bicyclic) bond motifs is 2. The Labute approximate surface area is 60.8 Å². The largest absolute Gasteiger partial charge is 0.365 e. The van der Waals surface area contributed by atoms with Gasteiger partial charge in [-0.1, -0.05) is 11.8 Å². The van der Waals surface area contributed by atoms with Crippen LogP contribution in [0.3, 0.4) is 0 Å². The Balaban J connectivity index is 2.37. The predicted molar refractivity (Wildman–Crippen MR) is 38.1 cm³/mol. The quantitative estimate of drug-likeness (QED) is 0.481. The van der Waals surface area contributed by atoms with E-state index >= 15 is 0 Å². The van der Waals surface area contributed by atoms with E-state index in [1.165, 1.54) is 0 Å². The van der Waals surface area contributed by atoms with E-state index in [1.807, 2.05) is 11.9 Å². The molecular formula is C8H11NO. The minimum Gasteiger partial charge on any atom is -0.365 e. The first-order valence-corrected chi connectivity index (χ1v) is 3.68. The van der Waals surface area contributed by atoms with Crippen molar-refractivity contribution in [2.45, 2.75) is 31.0 Å². The fourth-order valence-corrected chi connectivity index (χ4v) is 1.74. The van der Waals surface area contributed by atoms with E-state index in [4.69, 9.17) is 0 Å². The monoisotopic (exact) mass is 137 g/mol. The summed E-state index contributed by atoms with van der Waals surface area (Å²) in [6.07, 6.45) is 2.83. The summed E-state index contributed by atoms with van der Waals surface area (Å²) >= 11 is 0. The molecule has 0 aromatic heterocycles. The molecule has 0 aromatic rings. The van der Waals surface area contributed by atoms with Crippen molar-refractivity contribution < 1.29 is 5.11 Å². The zero-order valence-electron chi connectivity index (χ0n) is 6.09. The third kappa shape index (κ3) is 0.622. The van der Waals surface area contributed by atoms with Crippen LogP contribution in [0, 0.1) is 11.8 Å². The highest BCUT2D eigenvalue weighted by molar-refractivity contribution is 5.22. The molecule has 0 aliphatic carbocycles. The molecule has 2 heterocycles. The summed E-state index contributed by atoms with van der Waals surface area (Å²) in [5, 5.41) is 9.74. The van der Waals surface area contributed by atoms with Gasteiger partial charge in [0.15, 0.2) is 5.72 Å². The van der Waals surface area contributed by atoms with Crippen LogP contribution in [0.25, 0.3) is 0 Å². The summed E-state index contributed by atoms with van der Waals surface area (Å²) in [7, 11) is 1.95. The molecule has 2 atom stereocenters. The Kier molecular flexibility index (Phi) is 1.08. The number of hydrogen-bond donors (Lipinski definition) is 1. The van der Waals surface area contributed by atoms with Crippen molar-refractivity contribution in [2.75, 3.05) is 7.05 Å². The molecule has 0 unspecified atom stereocenters. The molecule has 0 radical (unpaired) electrons. The van der Waals surface area contributed by atoms with Gasteiger partial charge < -0.3 is 5.11 Å². The molecule has 1 fully saturated rings. The fraction of sp³-hybridized carbons (Fsp3) is 0.750. The lowest BCUT2D eigenvalue weighted by molar-refractivity contribution is -0.0307. The van der Waals surface area contributed by atoms with Crippen LogP contribution in [0.4, 0.5) is 0 Å². The highest BCUT2D eigenvalue weighted by atomic mass is 16.3. The first-order chi connectivity index (χ1) is 4.72. The predicted octanol–water partition coefficient (Wildman–Crippen LogP) is 0.176. The summed E-state index contributed by atoms with van der Waals surface area (Å²) in [5.41, 5.74) is -0.775. The van der Waals surface area contributed by atoms with Crippen LogP contribution in [-0.4, -0.2) is 28.8 Å². The molecule has 0 saturated carbocycles. The molecule has 54 valence electrons. The minimum atomic E-state index is -0.775. The molecule has 2 nitrogen and oxygen atoms in total. The molecule has 2 aliphatic rings. The first kappa shape index (κ1) is 6.21. The molecule has 1 N–H and O–H groups in total. The lowest BCUT2D eigenvalue weighted by atomic mass is 10.1. The van der Waals surface area contributed by atoms with Crippen LogP contribution in [0.2, 0.25) is 0 Å². The van der Waals surface area contributed by atoms with E-state index in [0.717, 1.165) is 19.3 Å². The van der Waals surface area contributed by atoms with E-state index in [2.05, 4.69) is 11.8 Å². The van der Waals surface area contributed by atoms with Crippen molar-refractivity contribution in [3.63, 3.8) is 0 Å². The number of aliphatic hydroxyl groups is 1. The van der Waals surface area contributed by atoms with Gasteiger partial charge in [0.05, 0.1) is 0 Å². The maximum absolute atomic E-state index is 9.74. The Morgan fingerprint density at radius 3 is 3.10 bits per heavy atom. The molecular weight excluding hydrogens is 126 g/mol. The molecule has 10 heavy (non-hydrogen) atoms. The second-order valence-electron chi connectivity index (χ2n) is 3.13. The van der Waals surface area contributed by atoms with Gasteiger partial charge in [-0.15, -0.1) is 0 Å². The standard InChI is InChI=1S/C8H11NO/c1-9-7-3-2-5-8(9,10)6-4-7/h7,10H,3-4,6H2,1H3/t7-,8-/m1/s1. The number of hydrogen-bond acceptors (Lipinski definition) is 2. The van der Waals surface area contributed by atoms with E-state index in [9.17, 15) is 5.11 Å².